The van der Waals surface area contributed by atoms with Crippen molar-refractivity contribution in [3.63, 3.8) is 0 Å². The normalized spacial score (nSPS) is 26.5. The second-order valence-electron chi connectivity index (χ2n) is 7.58. The van der Waals surface area contributed by atoms with Gasteiger partial charge in [0.25, 0.3) is 5.91 Å². The number of amides is 1. The van der Waals surface area contributed by atoms with Crippen LogP contribution >= 0.6 is 0 Å². The fourth-order valence-corrected chi connectivity index (χ4v) is 4.00. The van der Waals surface area contributed by atoms with Gasteiger partial charge < -0.3 is 9.64 Å². The number of ether oxygens (including phenoxy) is 1. The van der Waals surface area contributed by atoms with Gasteiger partial charge in [0, 0.05) is 38.3 Å². The van der Waals surface area contributed by atoms with Gasteiger partial charge in [-0.15, -0.1) is 0 Å². The Hall–Kier alpha value is -1.39. The number of morpholine rings is 1. The molecule has 0 radical (unpaired) electrons. The molecule has 2 fully saturated rings. The average molecular weight is 330 g/mol. The summed E-state index contributed by atoms with van der Waals surface area (Å²) in [6, 6.07) is 7.92. The number of carbonyl (C=O) groups excluding carboxylic acids is 1. The van der Waals surface area contributed by atoms with Gasteiger partial charge in [-0.2, -0.15) is 0 Å². The van der Waals surface area contributed by atoms with Crippen LogP contribution in [0.25, 0.3) is 0 Å². The minimum Gasteiger partial charge on any atom is -0.373 e. The molecule has 2 atom stereocenters. The minimum atomic E-state index is 0.182. The Morgan fingerprint density at radius 2 is 1.67 bits per heavy atom. The molecule has 1 aromatic carbocycles. The van der Waals surface area contributed by atoms with Crippen molar-refractivity contribution in [3.8, 4) is 0 Å². The summed E-state index contributed by atoms with van der Waals surface area (Å²) in [6.45, 7) is 11.3. The molecule has 0 aliphatic carbocycles. The number of piperidine rings is 1. The first-order valence-electron chi connectivity index (χ1n) is 9.25. The Kier molecular flexibility index (Phi) is 5.57. The zero-order valence-electron chi connectivity index (χ0n) is 15.2. The molecule has 2 aliphatic rings. The molecule has 0 aromatic heterocycles. The zero-order chi connectivity index (χ0) is 17.1. The quantitative estimate of drug-likeness (QED) is 0.854. The van der Waals surface area contributed by atoms with E-state index in [0.717, 1.165) is 51.1 Å². The van der Waals surface area contributed by atoms with Gasteiger partial charge in [0.2, 0.25) is 0 Å². The van der Waals surface area contributed by atoms with Crippen LogP contribution in [0.1, 0.15) is 42.6 Å². The maximum atomic E-state index is 12.6. The molecule has 4 heteroatoms. The number of nitrogens with zero attached hydrogens (tertiary/aromatic N) is 2. The SMILES string of the molecule is Cc1ccc(C(=O)N2CCC(CN3CC(C)OC(C)C3)CC2)cc1. The van der Waals surface area contributed by atoms with Crippen molar-refractivity contribution in [2.45, 2.75) is 45.8 Å². The van der Waals surface area contributed by atoms with Crippen molar-refractivity contribution in [1.29, 1.82) is 0 Å². The number of hydrogen-bond donors (Lipinski definition) is 0. The van der Waals surface area contributed by atoms with Gasteiger partial charge in [-0.3, -0.25) is 9.69 Å². The van der Waals surface area contributed by atoms with Crippen molar-refractivity contribution in [2.24, 2.45) is 5.92 Å². The van der Waals surface area contributed by atoms with E-state index in [2.05, 4.69) is 18.7 Å². The summed E-state index contributed by atoms with van der Waals surface area (Å²) >= 11 is 0. The molecule has 24 heavy (non-hydrogen) atoms. The van der Waals surface area contributed by atoms with Gasteiger partial charge in [0.05, 0.1) is 12.2 Å². The van der Waals surface area contributed by atoms with Crippen molar-refractivity contribution >= 4 is 5.91 Å². The number of aryl methyl sites for hydroxylation is 1. The molecule has 0 saturated carbocycles. The first kappa shape index (κ1) is 17.4. The third-order valence-electron chi connectivity index (χ3n) is 5.21. The summed E-state index contributed by atoms with van der Waals surface area (Å²) in [5.41, 5.74) is 2.01. The molecule has 0 bridgehead atoms. The summed E-state index contributed by atoms with van der Waals surface area (Å²) in [5, 5.41) is 0. The lowest BCUT2D eigenvalue weighted by Crippen LogP contribution is -2.48. The van der Waals surface area contributed by atoms with Crippen LogP contribution < -0.4 is 0 Å². The summed E-state index contributed by atoms with van der Waals surface area (Å²) < 4.78 is 5.82. The topological polar surface area (TPSA) is 32.8 Å². The number of benzene rings is 1. The Morgan fingerprint density at radius 1 is 1.08 bits per heavy atom. The molecule has 1 aromatic rings. The smallest absolute Gasteiger partial charge is 0.253 e. The Labute approximate surface area is 145 Å². The predicted molar refractivity (Wildman–Crippen MR) is 96.3 cm³/mol. The van der Waals surface area contributed by atoms with E-state index < -0.39 is 0 Å². The fraction of sp³-hybridized carbons (Fsp3) is 0.650. The molecule has 2 heterocycles. The average Bonchev–Trinajstić information content (AvgIpc) is 2.55. The molecular weight excluding hydrogens is 300 g/mol. The number of hydrogen-bond acceptors (Lipinski definition) is 3. The van der Waals surface area contributed by atoms with Gasteiger partial charge in [0.1, 0.15) is 0 Å². The third kappa shape index (κ3) is 4.37. The van der Waals surface area contributed by atoms with Crippen molar-refractivity contribution in [2.75, 3.05) is 32.7 Å². The predicted octanol–water partition coefficient (Wildman–Crippen LogP) is 2.96. The van der Waals surface area contributed by atoms with E-state index >= 15 is 0 Å². The van der Waals surface area contributed by atoms with Gasteiger partial charge in [-0.1, -0.05) is 17.7 Å². The Bertz CT molecular complexity index is 539. The Morgan fingerprint density at radius 3 is 2.25 bits per heavy atom. The van der Waals surface area contributed by atoms with Crippen LogP contribution in [0.2, 0.25) is 0 Å². The highest BCUT2D eigenvalue weighted by Gasteiger charge is 2.28. The Balaban J connectivity index is 1.48. The van der Waals surface area contributed by atoms with Gasteiger partial charge in [0.15, 0.2) is 0 Å². The van der Waals surface area contributed by atoms with Crippen molar-refractivity contribution in [1.82, 2.24) is 9.80 Å². The highest BCUT2D eigenvalue weighted by molar-refractivity contribution is 5.94. The number of likely N-dealkylation sites (tertiary alicyclic amines) is 1. The first-order chi connectivity index (χ1) is 11.5. The van der Waals surface area contributed by atoms with E-state index in [4.69, 9.17) is 4.74 Å². The summed E-state index contributed by atoms with van der Waals surface area (Å²) in [7, 11) is 0. The van der Waals surface area contributed by atoms with Crippen LogP contribution in [-0.2, 0) is 4.74 Å². The second-order valence-corrected chi connectivity index (χ2v) is 7.58. The molecule has 2 unspecified atom stereocenters. The van der Waals surface area contributed by atoms with Gasteiger partial charge in [-0.05, 0) is 51.7 Å². The van der Waals surface area contributed by atoms with Crippen LogP contribution in [-0.4, -0.2) is 60.6 Å². The van der Waals surface area contributed by atoms with E-state index in [1.807, 2.05) is 36.1 Å². The lowest BCUT2D eigenvalue weighted by atomic mass is 9.95. The van der Waals surface area contributed by atoms with Gasteiger partial charge in [-0.25, -0.2) is 0 Å². The highest BCUT2D eigenvalue weighted by Crippen LogP contribution is 2.22. The molecule has 3 rings (SSSR count). The lowest BCUT2D eigenvalue weighted by molar-refractivity contribution is -0.0728. The van der Waals surface area contributed by atoms with Crippen LogP contribution in [0, 0.1) is 12.8 Å². The lowest BCUT2D eigenvalue weighted by Gasteiger charge is -2.39. The monoisotopic (exact) mass is 330 g/mol. The largest absolute Gasteiger partial charge is 0.373 e. The standard InChI is InChI=1S/C20H30N2O2/c1-15-4-6-19(7-5-15)20(23)22-10-8-18(9-11-22)14-21-12-16(2)24-17(3)13-21/h4-7,16-18H,8-14H2,1-3H3. The summed E-state index contributed by atoms with van der Waals surface area (Å²) in [6.07, 6.45) is 2.88. The van der Waals surface area contributed by atoms with Crippen LogP contribution in [0.4, 0.5) is 0 Å². The van der Waals surface area contributed by atoms with Gasteiger partial charge >= 0.3 is 0 Å². The summed E-state index contributed by atoms with van der Waals surface area (Å²) in [5.74, 6) is 0.881. The number of carbonyl (C=O) groups is 1. The van der Waals surface area contributed by atoms with Crippen LogP contribution in [0.3, 0.4) is 0 Å². The van der Waals surface area contributed by atoms with E-state index in [9.17, 15) is 4.79 Å². The molecule has 4 nitrogen and oxygen atoms in total. The second kappa shape index (κ2) is 7.66. The zero-order valence-corrected chi connectivity index (χ0v) is 15.2. The summed E-state index contributed by atoms with van der Waals surface area (Å²) in [4.78, 5) is 17.2. The van der Waals surface area contributed by atoms with E-state index in [0.29, 0.717) is 18.1 Å². The van der Waals surface area contributed by atoms with E-state index in [1.54, 1.807) is 0 Å². The van der Waals surface area contributed by atoms with E-state index in [-0.39, 0.29) is 5.91 Å². The van der Waals surface area contributed by atoms with Crippen molar-refractivity contribution in [3.05, 3.63) is 35.4 Å². The van der Waals surface area contributed by atoms with Crippen LogP contribution in [0.5, 0.6) is 0 Å². The maximum Gasteiger partial charge on any atom is 0.253 e. The third-order valence-corrected chi connectivity index (χ3v) is 5.21. The highest BCUT2D eigenvalue weighted by atomic mass is 16.5. The molecule has 132 valence electrons. The van der Waals surface area contributed by atoms with E-state index in [1.165, 1.54) is 5.56 Å². The maximum absolute atomic E-state index is 12.6. The van der Waals surface area contributed by atoms with Crippen molar-refractivity contribution < 1.29 is 9.53 Å². The molecule has 0 spiro atoms. The fourth-order valence-electron chi connectivity index (χ4n) is 4.00. The van der Waals surface area contributed by atoms with Crippen LogP contribution in [0.15, 0.2) is 24.3 Å². The molecule has 2 saturated heterocycles. The minimum absolute atomic E-state index is 0.182. The molecular formula is C20H30N2O2. The molecule has 1 amide bonds. The molecule has 0 N–H and O–H groups in total. The molecule has 2 aliphatic heterocycles. The first-order valence-corrected chi connectivity index (χ1v) is 9.25. The number of rotatable bonds is 3.